The first-order valence-corrected chi connectivity index (χ1v) is 5.42. The highest BCUT2D eigenvalue weighted by molar-refractivity contribution is 7.80. The highest BCUT2D eigenvalue weighted by Crippen LogP contribution is 2.28. The third-order valence-electron chi connectivity index (χ3n) is 2.68. The van der Waals surface area contributed by atoms with Crippen molar-refractivity contribution in [1.82, 2.24) is 4.90 Å². The van der Waals surface area contributed by atoms with Gasteiger partial charge in [0.25, 0.3) is 0 Å². The fourth-order valence-corrected chi connectivity index (χ4v) is 1.97. The second kappa shape index (κ2) is 4.26. The fourth-order valence-electron chi connectivity index (χ4n) is 1.60. The van der Waals surface area contributed by atoms with Crippen LogP contribution in [0.1, 0.15) is 26.7 Å². The molecule has 0 aliphatic heterocycles. The standard InChI is InChI=1S/C10H18N2OS/c1-6(2)8(9(11)14)10(13)12(3)7-4-5-7/h6-8H,4-5H2,1-3H3,(H2,11,14). The van der Waals surface area contributed by atoms with Gasteiger partial charge in [0.1, 0.15) is 0 Å². The molecule has 1 saturated carbocycles. The Labute approximate surface area is 90.6 Å². The van der Waals surface area contributed by atoms with Gasteiger partial charge in [-0.2, -0.15) is 0 Å². The monoisotopic (exact) mass is 214 g/mol. The molecule has 0 saturated heterocycles. The summed E-state index contributed by atoms with van der Waals surface area (Å²) in [5.41, 5.74) is 5.58. The van der Waals surface area contributed by atoms with Gasteiger partial charge in [-0.25, -0.2) is 0 Å². The van der Waals surface area contributed by atoms with Crippen molar-refractivity contribution in [3.05, 3.63) is 0 Å². The van der Waals surface area contributed by atoms with Gasteiger partial charge in [0, 0.05) is 13.1 Å². The summed E-state index contributed by atoms with van der Waals surface area (Å²) in [7, 11) is 1.84. The summed E-state index contributed by atoms with van der Waals surface area (Å²) in [6, 6.07) is 0.429. The van der Waals surface area contributed by atoms with Crippen molar-refractivity contribution < 1.29 is 4.79 Å². The summed E-state index contributed by atoms with van der Waals surface area (Å²) in [5, 5.41) is 0. The number of nitrogens with two attached hydrogens (primary N) is 1. The molecule has 1 aliphatic rings. The molecule has 1 rings (SSSR count). The first kappa shape index (κ1) is 11.4. The maximum Gasteiger partial charge on any atom is 0.232 e. The van der Waals surface area contributed by atoms with E-state index in [-0.39, 0.29) is 17.7 Å². The van der Waals surface area contributed by atoms with E-state index in [1.165, 1.54) is 0 Å². The highest BCUT2D eigenvalue weighted by Gasteiger charge is 2.35. The Morgan fingerprint density at radius 3 is 2.29 bits per heavy atom. The summed E-state index contributed by atoms with van der Waals surface area (Å²) in [4.78, 5) is 14.1. The van der Waals surface area contributed by atoms with Gasteiger partial charge < -0.3 is 10.6 Å². The fraction of sp³-hybridized carbons (Fsp3) is 0.800. The number of rotatable bonds is 4. The molecule has 0 radical (unpaired) electrons. The normalized spacial score (nSPS) is 18.0. The number of hydrogen-bond acceptors (Lipinski definition) is 2. The zero-order chi connectivity index (χ0) is 10.9. The van der Waals surface area contributed by atoms with Gasteiger partial charge >= 0.3 is 0 Å². The van der Waals surface area contributed by atoms with Gasteiger partial charge in [-0.05, 0) is 18.8 Å². The van der Waals surface area contributed by atoms with Crippen LogP contribution in [0.4, 0.5) is 0 Å². The van der Waals surface area contributed by atoms with Crippen molar-refractivity contribution in [2.45, 2.75) is 32.7 Å². The molecule has 0 bridgehead atoms. The first-order chi connectivity index (χ1) is 6.45. The van der Waals surface area contributed by atoms with Gasteiger partial charge in [0.2, 0.25) is 5.91 Å². The maximum atomic E-state index is 12.0. The molecule has 3 nitrogen and oxygen atoms in total. The summed E-state index contributed by atoms with van der Waals surface area (Å²) in [6.45, 7) is 3.95. The molecule has 0 aromatic carbocycles. The molecule has 1 aliphatic carbocycles. The molecule has 0 spiro atoms. The quantitative estimate of drug-likeness (QED) is 0.714. The lowest BCUT2D eigenvalue weighted by Gasteiger charge is -2.25. The Kier molecular flexibility index (Phi) is 3.48. The molecule has 0 heterocycles. The topological polar surface area (TPSA) is 46.3 Å². The summed E-state index contributed by atoms with van der Waals surface area (Å²) in [5.74, 6) is -0.0354. The Morgan fingerprint density at radius 1 is 1.50 bits per heavy atom. The van der Waals surface area contributed by atoms with Crippen LogP contribution in [0, 0.1) is 11.8 Å². The smallest absolute Gasteiger partial charge is 0.232 e. The van der Waals surface area contributed by atoms with Gasteiger partial charge in [-0.3, -0.25) is 4.79 Å². The molecule has 14 heavy (non-hydrogen) atoms. The van der Waals surface area contributed by atoms with Crippen LogP contribution < -0.4 is 5.73 Å². The van der Waals surface area contributed by atoms with E-state index in [1.54, 1.807) is 4.90 Å². The zero-order valence-corrected chi connectivity index (χ0v) is 9.80. The SMILES string of the molecule is CC(C)C(C(=O)N(C)C1CC1)C(N)=S. The number of nitrogens with zero attached hydrogens (tertiary/aromatic N) is 1. The van der Waals surface area contributed by atoms with Crippen molar-refractivity contribution in [3.8, 4) is 0 Å². The van der Waals surface area contributed by atoms with Crippen LogP contribution in [0.2, 0.25) is 0 Å². The van der Waals surface area contributed by atoms with E-state index in [1.807, 2.05) is 20.9 Å². The minimum atomic E-state index is -0.296. The molecular weight excluding hydrogens is 196 g/mol. The average Bonchev–Trinajstić information content (AvgIpc) is 2.83. The molecule has 1 unspecified atom stereocenters. The van der Waals surface area contributed by atoms with Crippen molar-refractivity contribution in [1.29, 1.82) is 0 Å². The minimum Gasteiger partial charge on any atom is -0.393 e. The third-order valence-corrected chi connectivity index (χ3v) is 2.94. The van der Waals surface area contributed by atoms with Gasteiger partial charge in [0.05, 0.1) is 10.9 Å². The number of amides is 1. The summed E-state index contributed by atoms with van der Waals surface area (Å²) < 4.78 is 0. The van der Waals surface area contributed by atoms with E-state index in [2.05, 4.69) is 0 Å². The van der Waals surface area contributed by atoms with Gasteiger partial charge in [-0.15, -0.1) is 0 Å². The van der Waals surface area contributed by atoms with Crippen LogP contribution in [-0.2, 0) is 4.79 Å². The summed E-state index contributed by atoms with van der Waals surface area (Å²) >= 11 is 4.93. The lowest BCUT2D eigenvalue weighted by atomic mass is 9.94. The van der Waals surface area contributed by atoms with Crippen LogP contribution in [-0.4, -0.2) is 28.9 Å². The van der Waals surface area contributed by atoms with Crippen LogP contribution in [0.25, 0.3) is 0 Å². The molecule has 0 aromatic heterocycles. The second-order valence-electron chi connectivity index (χ2n) is 4.30. The Morgan fingerprint density at radius 2 is 2.00 bits per heavy atom. The zero-order valence-electron chi connectivity index (χ0n) is 8.99. The van der Waals surface area contributed by atoms with Crippen LogP contribution >= 0.6 is 12.2 Å². The van der Waals surface area contributed by atoms with E-state index in [0.717, 1.165) is 12.8 Å². The molecule has 4 heteroatoms. The number of hydrogen-bond donors (Lipinski definition) is 1. The molecule has 1 amide bonds. The molecule has 0 aromatic rings. The highest BCUT2D eigenvalue weighted by atomic mass is 32.1. The number of thiocarbonyl (C=S) groups is 1. The molecular formula is C10H18N2OS. The molecule has 80 valence electrons. The Balaban J connectivity index is 2.67. The van der Waals surface area contributed by atoms with Crippen LogP contribution in [0.5, 0.6) is 0 Å². The van der Waals surface area contributed by atoms with Crippen molar-refractivity contribution in [2.24, 2.45) is 17.6 Å². The lowest BCUT2D eigenvalue weighted by molar-refractivity contribution is -0.133. The molecule has 2 N–H and O–H groups in total. The summed E-state index contributed by atoms with van der Waals surface area (Å²) in [6.07, 6.45) is 2.23. The predicted octanol–water partition coefficient (Wildman–Crippen LogP) is 1.17. The largest absolute Gasteiger partial charge is 0.393 e. The third kappa shape index (κ3) is 2.44. The predicted molar refractivity (Wildman–Crippen MR) is 60.9 cm³/mol. The van der Waals surface area contributed by atoms with E-state index < -0.39 is 0 Å². The van der Waals surface area contributed by atoms with Crippen LogP contribution in [0.15, 0.2) is 0 Å². The van der Waals surface area contributed by atoms with Crippen LogP contribution in [0.3, 0.4) is 0 Å². The minimum absolute atomic E-state index is 0.0787. The van der Waals surface area contributed by atoms with Gasteiger partial charge in [0.15, 0.2) is 0 Å². The van der Waals surface area contributed by atoms with Crippen molar-refractivity contribution >= 4 is 23.1 Å². The molecule has 1 atom stereocenters. The Hall–Kier alpha value is -0.640. The number of carbonyl (C=O) groups is 1. The Bertz CT molecular complexity index is 249. The van der Waals surface area contributed by atoms with Crippen molar-refractivity contribution in [3.63, 3.8) is 0 Å². The second-order valence-corrected chi connectivity index (χ2v) is 4.78. The van der Waals surface area contributed by atoms with E-state index in [0.29, 0.717) is 11.0 Å². The first-order valence-electron chi connectivity index (χ1n) is 5.01. The van der Waals surface area contributed by atoms with E-state index in [9.17, 15) is 4.79 Å². The molecule has 1 fully saturated rings. The van der Waals surface area contributed by atoms with Gasteiger partial charge in [-0.1, -0.05) is 26.1 Å². The average molecular weight is 214 g/mol. The van der Waals surface area contributed by atoms with Crippen molar-refractivity contribution in [2.75, 3.05) is 7.05 Å². The van der Waals surface area contributed by atoms with E-state index in [4.69, 9.17) is 18.0 Å². The van der Waals surface area contributed by atoms with E-state index >= 15 is 0 Å². The maximum absolute atomic E-state index is 12.0. The number of carbonyl (C=O) groups excluding carboxylic acids is 1. The lowest BCUT2D eigenvalue weighted by Crippen LogP contribution is -2.42.